The number of aliphatic carboxylic acids is 1. The minimum atomic E-state index is -0.850. The van der Waals surface area contributed by atoms with Crippen LogP contribution in [-0.2, 0) is 11.3 Å². The second-order valence-electron chi connectivity index (χ2n) is 5.50. The molecule has 1 saturated carbocycles. The number of urea groups is 1. The lowest BCUT2D eigenvalue weighted by Gasteiger charge is -2.43. The van der Waals surface area contributed by atoms with Gasteiger partial charge < -0.3 is 15.3 Å². The molecule has 0 atom stereocenters. The van der Waals surface area contributed by atoms with Gasteiger partial charge in [0.25, 0.3) is 0 Å². The molecule has 0 spiro atoms. The number of rotatable bonds is 5. The minimum Gasteiger partial charge on any atom is -0.481 e. The van der Waals surface area contributed by atoms with Crippen molar-refractivity contribution in [3.8, 4) is 0 Å². The fourth-order valence-electron chi connectivity index (χ4n) is 2.95. The molecule has 2 N–H and O–H groups in total. The van der Waals surface area contributed by atoms with Gasteiger partial charge in [0.05, 0.1) is 18.5 Å². The van der Waals surface area contributed by atoms with Crippen molar-refractivity contribution in [1.82, 2.24) is 15.2 Å². The van der Waals surface area contributed by atoms with Crippen LogP contribution < -0.4 is 5.32 Å². The van der Waals surface area contributed by atoms with Crippen LogP contribution >= 0.6 is 11.3 Å². The maximum Gasteiger partial charge on any atom is 0.317 e. The lowest BCUT2D eigenvalue weighted by atomic mass is 9.78. The maximum absolute atomic E-state index is 12.3. The molecule has 21 heavy (non-hydrogen) atoms. The molecule has 1 aromatic rings. The number of hydrogen-bond donors (Lipinski definition) is 2. The van der Waals surface area contributed by atoms with Gasteiger partial charge in [0.2, 0.25) is 0 Å². The summed E-state index contributed by atoms with van der Waals surface area (Å²) >= 11 is 1.48. The number of carboxylic acid groups (broad SMARTS) is 1. The molecule has 0 aromatic carbocycles. The number of amides is 2. The quantitative estimate of drug-likeness (QED) is 0.875. The Hall–Kier alpha value is -1.63. The van der Waals surface area contributed by atoms with Crippen molar-refractivity contribution in [2.75, 3.05) is 7.05 Å². The van der Waals surface area contributed by atoms with Crippen LogP contribution in [0.1, 0.15) is 43.5 Å². The fourth-order valence-corrected chi connectivity index (χ4v) is 3.50. The first kappa shape index (κ1) is 15.8. The van der Waals surface area contributed by atoms with E-state index < -0.39 is 11.5 Å². The summed E-state index contributed by atoms with van der Waals surface area (Å²) < 4.78 is 0. The van der Waals surface area contributed by atoms with Gasteiger partial charge in [0.15, 0.2) is 0 Å². The Kier molecular flexibility index (Phi) is 5.17. The number of carboxylic acids is 1. The van der Waals surface area contributed by atoms with Crippen LogP contribution in [0.2, 0.25) is 0 Å². The molecule has 2 rings (SSSR count). The average Bonchev–Trinajstić information content (AvgIpc) is 2.97. The molecule has 1 heterocycles. The predicted molar refractivity (Wildman–Crippen MR) is 80.2 cm³/mol. The number of carbonyl (C=O) groups is 2. The lowest BCUT2D eigenvalue weighted by Crippen LogP contribution is -2.54. The van der Waals surface area contributed by atoms with Gasteiger partial charge in [-0.05, 0) is 12.8 Å². The summed E-state index contributed by atoms with van der Waals surface area (Å²) in [6.45, 7) is 0.379. The summed E-state index contributed by atoms with van der Waals surface area (Å²) in [7, 11) is 1.70. The van der Waals surface area contributed by atoms with E-state index in [1.807, 2.05) is 5.38 Å². The van der Waals surface area contributed by atoms with Crippen molar-refractivity contribution in [3.05, 3.63) is 16.6 Å². The van der Waals surface area contributed by atoms with Crippen molar-refractivity contribution < 1.29 is 14.7 Å². The van der Waals surface area contributed by atoms with Crippen LogP contribution in [0.5, 0.6) is 0 Å². The Morgan fingerprint density at radius 2 is 2.14 bits per heavy atom. The summed E-state index contributed by atoms with van der Waals surface area (Å²) in [5, 5.41) is 14.7. The highest BCUT2D eigenvalue weighted by molar-refractivity contribution is 7.09. The van der Waals surface area contributed by atoms with Crippen molar-refractivity contribution in [1.29, 1.82) is 0 Å². The molecule has 7 heteroatoms. The topological polar surface area (TPSA) is 82.5 Å². The summed E-state index contributed by atoms with van der Waals surface area (Å²) in [5.41, 5.74) is -0.558. The zero-order valence-corrected chi connectivity index (χ0v) is 13.0. The van der Waals surface area contributed by atoms with Gasteiger partial charge >= 0.3 is 12.0 Å². The van der Waals surface area contributed by atoms with E-state index in [-0.39, 0.29) is 12.5 Å². The molecule has 116 valence electrons. The number of hydrogen-bond acceptors (Lipinski definition) is 4. The van der Waals surface area contributed by atoms with Crippen LogP contribution in [0, 0.1) is 0 Å². The molecule has 1 aliphatic carbocycles. The number of thiazole rings is 1. The molecular weight excluding hydrogens is 290 g/mol. The second-order valence-corrected chi connectivity index (χ2v) is 6.48. The third kappa shape index (κ3) is 3.93. The SMILES string of the molecule is CN(C(=O)NCc1nccs1)C1(CC(=O)O)CCCCC1. The highest BCUT2D eigenvalue weighted by atomic mass is 32.1. The standard InChI is InChI=1S/C14H21N3O3S/c1-17(13(20)16-10-11-15-7-8-21-11)14(9-12(18)19)5-3-2-4-6-14/h7-8H,2-6,9-10H2,1H3,(H,16,20)(H,18,19). The van der Waals surface area contributed by atoms with E-state index >= 15 is 0 Å². The summed E-state index contributed by atoms with van der Waals surface area (Å²) in [6.07, 6.45) is 6.25. The van der Waals surface area contributed by atoms with Crippen LogP contribution in [0.3, 0.4) is 0 Å². The van der Waals surface area contributed by atoms with Crippen molar-refractivity contribution in [3.63, 3.8) is 0 Å². The van der Waals surface area contributed by atoms with Crippen LogP contribution in [0.25, 0.3) is 0 Å². The Morgan fingerprint density at radius 3 is 2.71 bits per heavy atom. The zero-order valence-electron chi connectivity index (χ0n) is 12.2. The van der Waals surface area contributed by atoms with Gasteiger partial charge in [-0.2, -0.15) is 0 Å². The van der Waals surface area contributed by atoms with E-state index in [4.69, 9.17) is 0 Å². The van der Waals surface area contributed by atoms with Crippen LogP contribution in [0.4, 0.5) is 4.79 Å². The lowest BCUT2D eigenvalue weighted by molar-refractivity contribution is -0.140. The molecule has 0 aliphatic heterocycles. The minimum absolute atomic E-state index is 0.00811. The predicted octanol–water partition coefficient (Wildman–Crippen LogP) is 2.46. The first-order valence-corrected chi connectivity index (χ1v) is 8.03. The molecule has 1 fully saturated rings. The van der Waals surface area contributed by atoms with E-state index in [0.717, 1.165) is 37.1 Å². The van der Waals surface area contributed by atoms with Gasteiger partial charge in [-0.15, -0.1) is 11.3 Å². The molecular formula is C14H21N3O3S. The molecule has 0 unspecified atom stereocenters. The molecule has 0 bridgehead atoms. The van der Waals surface area contributed by atoms with Crippen LogP contribution in [0.15, 0.2) is 11.6 Å². The highest BCUT2D eigenvalue weighted by Gasteiger charge is 2.40. The molecule has 1 aromatic heterocycles. The first-order valence-electron chi connectivity index (χ1n) is 7.15. The molecule has 0 saturated heterocycles. The fraction of sp³-hybridized carbons (Fsp3) is 0.643. The van der Waals surface area contributed by atoms with Crippen molar-refractivity contribution in [2.45, 2.75) is 50.6 Å². The van der Waals surface area contributed by atoms with Crippen molar-refractivity contribution in [2.24, 2.45) is 0 Å². The number of carbonyl (C=O) groups excluding carboxylic acids is 1. The van der Waals surface area contributed by atoms with E-state index in [2.05, 4.69) is 10.3 Å². The Morgan fingerprint density at radius 1 is 1.43 bits per heavy atom. The Bertz CT molecular complexity index is 484. The van der Waals surface area contributed by atoms with Gasteiger partial charge in [0.1, 0.15) is 5.01 Å². The smallest absolute Gasteiger partial charge is 0.317 e. The summed E-state index contributed by atoms with van der Waals surface area (Å²) in [6, 6.07) is -0.228. The van der Waals surface area contributed by atoms with E-state index in [9.17, 15) is 14.7 Å². The third-order valence-corrected chi connectivity index (χ3v) is 4.93. The molecule has 6 nitrogen and oxygen atoms in total. The van der Waals surface area contributed by atoms with Gasteiger partial charge in [-0.1, -0.05) is 19.3 Å². The second kappa shape index (κ2) is 6.89. The average molecular weight is 311 g/mol. The monoisotopic (exact) mass is 311 g/mol. The largest absolute Gasteiger partial charge is 0.481 e. The van der Waals surface area contributed by atoms with E-state index in [1.54, 1.807) is 18.1 Å². The maximum atomic E-state index is 12.3. The van der Waals surface area contributed by atoms with Crippen LogP contribution in [-0.4, -0.2) is 39.6 Å². The normalized spacial score (nSPS) is 17.2. The van der Waals surface area contributed by atoms with Gasteiger partial charge in [-0.3, -0.25) is 4.79 Å². The number of nitrogens with zero attached hydrogens (tertiary/aromatic N) is 2. The highest BCUT2D eigenvalue weighted by Crippen LogP contribution is 2.35. The molecule has 0 radical (unpaired) electrons. The number of aromatic nitrogens is 1. The van der Waals surface area contributed by atoms with Gasteiger partial charge in [0, 0.05) is 18.6 Å². The molecule has 2 amide bonds. The van der Waals surface area contributed by atoms with E-state index in [1.165, 1.54) is 11.3 Å². The van der Waals surface area contributed by atoms with Gasteiger partial charge in [-0.25, -0.2) is 9.78 Å². The zero-order chi connectivity index (χ0) is 15.3. The molecule has 1 aliphatic rings. The summed E-state index contributed by atoms with van der Waals surface area (Å²) in [5.74, 6) is -0.850. The first-order chi connectivity index (χ1) is 10.0. The number of nitrogens with one attached hydrogen (secondary N) is 1. The third-order valence-electron chi connectivity index (χ3n) is 4.16. The summed E-state index contributed by atoms with van der Waals surface area (Å²) in [4.78, 5) is 29.2. The Labute approximate surface area is 128 Å². The van der Waals surface area contributed by atoms with Crippen molar-refractivity contribution >= 4 is 23.3 Å². The Balaban J connectivity index is 2.00. The van der Waals surface area contributed by atoms with E-state index in [0.29, 0.717) is 6.54 Å².